The Bertz CT molecular complexity index is 494. The lowest BCUT2D eigenvalue weighted by Crippen LogP contribution is -2.15. The van der Waals surface area contributed by atoms with Crippen LogP contribution in [0.3, 0.4) is 0 Å². The molecule has 1 aromatic carbocycles. The van der Waals surface area contributed by atoms with Gasteiger partial charge >= 0.3 is 0 Å². The molecule has 88 valence electrons. The van der Waals surface area contributed by atoms with Gasteiger partial charge in [0.05, 0.1) is 11.7 Å². The Morgan fingerprint density at radius 2 is 2.00 bits per heavy atom. The van der Waals surface area contributed by atoms with Gasteiger partial charge in [0.1, 0.15) is 6.33 Å². The molecule has 0 saturated heterocycles. The molecule has 1 unspecified atom stereocenters. The molecule has 0 aliphatic heterocycles. The Balaban J connectivity index is 2.13. The number of benzene rings is 1. The number of nitrogens with zero attached hydrogens (tertiary/aromatic N) is 2. The van der Waals surface area contributed by atoms with Crippen LogP contribution in [0, 0.1) is 13.8 Å². The first-order valence-electron chi connectivity index (χ1n) is 5.74. The van der Waals surface area contributed by atoms with E-state index in [0.717, 1.165) is 12.1 Å². The van der Waals surface area contributed by atoms with Crippen LogP contribution in [-0.2, 0) is 6.42 Å². The summed E-state index contributed by atoms with van der Waals surface area (Å²) in [7, 11) is 0. The van der Waals surface area contributed by atoms with Crippen molar-refractivity contribution < 1.29 is 0 Å². The van der Waals surface area contributed by atoms with E-state index in [1.54, 1.807) is 6.20 Å². The van der Waals surface area contributed by atoms with E-state index >= 15 is 0 Å². The fourth-order valence-electron chi connectivity index (χ4n) is 1.81. The molecule has 0 aliphatic rings. The van der Waals surface area contributed by atoms with Gasteiger partial charge in [-0.25, -0.2) is 9.97 Å². The standard InChI is InChI=1S/C14H17N3/c1-10-3-4-12(7-11(10)2)8-13(15)14-5-6-16-9-17-14/h3-7,9,13H,8,15H2,1-2H3. The maximum atomic E-state index is 6.12. The number of aromatic nitrogens is 2. The van der Waals surface area contributed by atoms with Gasteiger partial charge in [0.2, 0.25) is 0 Å². The molecule has 3 nitrogen and oxygen atoms in total. The van der Waals surface area contributed by atoms with Gasteiger partial charge in [0, 0.05) is 6.20 Å². The van der Waals surface area contributed by atoms with Gasteiger partial charge in [-0.15, -0.1) is 0 Å². The minimum absolute atomic E-state index is 0.0693. The van der Waals surface area contributed by atoms with Crippen molar-refractivity contribution in [1.29, 1.82) is 0 Å². The van der Waals surface area contributed by atoms with Gasteiger partial charge in [0.25, 0.3) is 0 Å². The van der Waals surface area contributed by atoms with Gasteiger partial charge in [-0.2, -0.15) is 0 Å². The molecule has 0 fully saturated rings. The van der Waals surface area contributed by atoms with E-state index in [1.807, 2.05) is 6.07 Å². The maximum absolute atomic E-state index is 6.12. The number of hydrogen-bond acceptors (Lipinski definition) is 3. The van der Waals surface area contributed by atoms with E-state index in [1.165, 1.54) is 23.0 Å². The molecule has 2 rings (SSSR count). The topological polar surface area (TPSA) is 51.8 Å². The monoisotopic (exact) mass is 227 g/mol. The van der Waals surface area contributed by atoms with E-state index < -0.39 is 0 Å². The van der Waals surface area contributed by atoms with Gasteiger partial charge < -0.3 is 5.73 Å². The van der Waals surface area contributed by atoms with Crippen molar-refractivity contribution in [3.05, 3.63) is 59.2 Å². The first-order chi connectivity index (χ1) is 8.16. The summed E-state index contributed by atoms with van der Waals surface area (Å²) >= 11 is 0. The number of rotatable bonds is 3. The summed E-state index contributed by atoms with van der Waals surface area (Å²) in [5.74, 6) is 0. The molecule has 0 saturated carbocycles. The van der Waals surface area contributed by atoms with Crippen molar-refractivity contribution in [1.82, 2.24) is 9.97 Å². The first kappa shape index (κ1) is 11.7. The summed E-state index contributed by atoms with van der Waals surface area (Å²) in [6.07, 6.45) is 4.07. The highest BCUT2D eigenvalue weighted by Crippen LogP contribution is 2.16. The molecule has 0 radical (unpaired) electrons. The first-order valence-corrected chi connectivity index (χ1v) is 5.74. The van der Waals surface area contributed by atoms with Gasteiger partial charge in [-0.1, -0.05) is 18.2 Å². The van der Waals surface area contributed by atoms with Crippen LogP contribution < -0.4 is 5.73 Å². The minimum Gasteiger partial charge on any atom is -0.322 e. The minimum atomic E-state index is -0.0693. The molecule has 0 spiro atoms. The highest BCUT2D eigenvalue weighted by Gasteiger charge is 2.08. The molecule has 0 bridgehead atoms. The maximum Gasteiger partial charge on any atom is 0.115 e. The third-order valence-corrected chi connectivity index (χ3v) is 3.01. The van der Waals surface area contributed by atoms with Gasteiger partial charge in [-0.3, -0.25) is 0 Å². The molecule has 0 amide bonds. The lowest BCUT2D eigenvalue weighted by molar-refractivity contribution is 0.692. The highest BCUT2D eigenvalue weighted by atomic mass is 14.8. The summed E-state index contributed by atoms with van der Waals surface area (Å²) in [6.45, 7) is 4.23. The Morgan fingerprint density at radius 3 is 2.65 bits per heavy atom. The van der Waals surface area contributed by atoms with E-state index in [4.69, 9.17) is 5.73 Å². The predicted octanol–water partition coefficient (Wildman–Crippen LogP) is 2.34. The molecule has 1 atom stereocenters. The van der Waals surface area contributed by atoms with E-state index in [2.05, 4.69) is 42.0 Å². The van der Waals surface area contributed by atoms with Crippen LogP contribution >= 0.6 is 0 Å². The molecule has 1 aromatic heterocycles. The van der Waals surface area contributed by atoms with Crippen LogP contribution in [0.15, 0.2) is 36.8 Å². The summed E-state index contributed by atoms with van der Waals surface area (Å²) < 4.78 is 0. The SMILES string of the molecule is Cc1ccc(CC(N)c2ccncn2)cc1C. The quantitative estimate of drug-likeness (QED) is 0.875. The van der Waals surface area contributed by atoms with Crippen molar-refractivity contribution in [2.45, 2.75) is 26.3 Å². The second-order valence-corrected chi connectivity index (χ2v) is 4.36. The van der Waals surface area contributed by atoms with Gasteiger partial charge in [-0.05, 0) is 43.0 Å². The van der Waals surface area contributed by atoms with Crippen LogP contribution in [0.1, 0.15) is 28.4 Å². The molecule has 0 aliphatic carbocycles. The Hall–Kier alpha value is -1.74. The molecule has 2 N–H and O–H groups in total. The summed E-state index contributed by atoms with van der Waals surface area (Å²) in [4.78, 5) is 8.07. The highest BCUT2D eigenvalue weighted by molar-refractivity contribution is 5.30. The zero-order valence-electron chi connectivity index (χ0n) is 10.2. The van der Waals surface area contributed by atoms with E-state index in [0.29, 0.717) is 0 Å². The Morgan fingerprint density at radius 1 is 1.18 bits per heavy atom. The van der Waals surface area contributed by atoms with E-state index in [9.17, 15) is 0 Å². The zero-order valence-corrected chi connectivity index (χ0v) is 10.2. The van der Waals surface area contributed by atoms with Crippen LogP contribution in [0.25, 0.3) is 0 Å². The average molecular weight is 227 g/mol. The number of aryl methyl sites for hydroxylation is 2. The number of hydrogen-bond donors (Lipinski definition) is 1. The summed E-state index contributed by atoms with van der Waals surface area (Å²) in [5, 5.41) is 0. The zero-order chi connectivity index (χ0) is 12.3. The Kier molecular flexibility index (Phi) is 3.49. The van der Waals surface area contributed by atoms with Crippen molar-refractivity contribution in [2.75, 3.05) is 0 Å². The number of nitrogens with two attached hydrogens (primary N) is 1. The fourth-order valence-corrected chi connectivity index (χ4v) is 1.81. The second kappa shape index (κ2) is 5.06. The largest absolute Gasteiger partial charge is 0.322 e. The van der Waals surface area contributed by atoms with Crippen LogP contribution in [0.4, 0.5) is 0 Å². The normalized spacial score (nSPS) is 12.4. The lowest BCUT2D eigenvalue weighted by Gasteiger charge is -2.11. The van der Waals surface area contributed by atoms with Crippen LogP contribution in [0.5, 0.6) is 0 Å². The van der Waals surface area contributed by atoms with Gasteiger partial charge in [0.15, 0.2) is 0 Å². The van der Waals surface area contributed by atoms with Crippen molar-refractivity contribution in [3.63, 3.8) is 0 Å². The fraction of sp³-hybridized carbons (Fsp3) is 0.286. The third kappa shape index (κ3) is 2.88. The lowest BCUT2D eigenvalue weighted by atomic mass is 10.00. The molecule has 1 heterocycles. The molecule has 2 aromatic rings. The smallest absolute Gasteiger partial charge is 0.115 e. The predicted molar refractivity (Wildman–Crippen MR) is 68.6 cm³/mol. The van der Waals surface area contributed by atoms with E-state index in [-0.39, 0.29) is 6.04 Å². The molecular weight excluding hydrogens is 210 g/mol. The molecule has 3 heteroatoms. The van der Waals surface area contributed by atoms with Crippen LogP contribution in [0.2, 0.25) is 0 Å². The van der Waals surface area contributed by atoms with Crippen molar-refractivity contribution >= 4 is 0 Å². The average Bonchev–Trinajstić information content (AvgIpc) is 2.35. The second-order valence-electron chi connectivity index (χ2n) is 4.36. The van der Waals surface area contributed by atoms with Crippen molar-refractivity contribution in [3.8, 4) is 0 Å². The third-order valence-electron chi connectivity index (χ3n) is 3.01. The summed E-state index contributed by atoms with van der Waals surface area (Å²) in [5.41, 5.74) is 10.9. The Labute approximate surface area is 102 Å². The summed E-state index contributed by atoms with van der Waals surface area (Å²) in [6, 6.07) is 8.25. The molecule has 17 heavy (non-hydrogen) atoms. The molecular formula is C14H17N3. The van der Waals surface area contributed by atoms with Crippen LogP contribution in [-0.4, -0.2) is 9.97 Å². The van der Waals surface area contributed by atoms with Crippen molar-refractivity contribution in [2.24, 2.45) is 5.73 Å².